The minimum Gasteiger partial charge on any atom is -0.480 e. The van der Waals surface area contributed by atoms with Crippen molar-refractivity contribution < 1.29 is 14.7 Å². The average Bonchev–Trinajstić information content (AvgIpc) is 2.74. The van der Waals surface area contributed by atoms with E-state index in [1.54, 1.807) is 11.5 Å². The molecule has 0 aliphatic carbocycles. The number of nitrogens with zero attached hydrogens (tertiary/aromatic N) is 2. The fourth-order valence-electron chi connectivity index (χ4n) is 1.32. The van der Waals surface area contributed by atoms with Crippen LogP contribution in [0.5, 0.6) is 0 Å². The third kappa shape index (κ3) is 3.56. The van der Waals surface area contributed by atoms with Gasteiger partial charge >= 0.3 is 5.97 Å². The van der Waals surface area contributed by atoms with Crippen LogP contribution in [0.1, 0.15) is 23.8 Å². The summed E-state index contributed by atoms with van der Waals surface area (Å²) in [5.74, 6) is -1.54. The predicted molar refractivity (Wildman–Crippen MR) is 60.5 cm³/mol. The standard InChI is InChI=1S/C10H16N4O3/c1-2-7(10(16)17)13-9(15)8-5-14(4-3-11)6-12-8/h5-7H,2-4,11H2,1H3,(H,13,15)(H,16,17)/t7-/m0/s1. The number of carboxylic acids is 1. The van der Waals surface area contributed by atoms with Crippen molar-refractivity contribution in [2.75, 3.05) is 6.54 Å². The van der Waals surface area contributed by atoms with Crippen molar-refractivity contribution in [1.29, 1.82) is 0 Å². The van der Waals surface area contributed by atoms with Gasteiger partial charge in [0.2, 0.25) is 0 Å². The largest absolute Gasteiger partial charge is 0.480 e. The van der Waals surface area contributed by atoms with Crippen molar-refractivity contribution in [1.82, 2.24) is 14.9 Å². The average molecular weight is 240 g/mol. The van der Waals surface area contributed by atoms with Crippen LogP contribution >= 0.6 is 0 Å². The summed E-state index contributed by atoms with van der Waals surface area (Å²) in [5.41, 5.74) is 5.55. The molecule has 7 nitrogen and oxygen atoms in total. The van der Waals surface area contributed by atoms with Crippen LogP contribution in [0.3, 0.4) is 0 Å². The molecule has 1 aromatic heterocycles. The number of aromatic nitrogens is 2. The summed E-state index contributed by atoms with van der Waals surface area (Å²) in [6, 6.07) is -0.887. The number of carboxylic acid groups (broad SMARTS) is 1. The molecule has 0 fully saturated rings. The molecular weight excluding hydrogens is 224 g/mol. The van der Waals surface area contributed by atoms with Crippen LogP contribution in [-0.4, -0.2) is 39.1 Å². The minimum atomic E-state index is -1.05. The summed E-state index contributed by atoms with van der Waals surface area (Å²) < 4.78 is 1.68. The Morgan fingerprint density at radius 3 is 2.88 bits per heavy atom. The van der Waals surface area contributed by atoms with Crippen LogP contribution in [0.2, 0.25) is 0 Å². The van der Waals surface area contributed by atoms with Crippen LogP contribution in [0.25, 0.3) is 0 Å². The van der Waals surface area contributed by atoms with E-state index in [1.165, 1.54) is 12.5 Å². The second-order valence-corrected chi connectivity index (χ2v) is 3.56. The zero-order chi connectivity index (χ0) is 12.8. The number of imidazole rings is 1. The molecule has 0 bridgehead atoms. The lowest BCUT2D eigenvalue weighted by molar-refractivity contribution is -0.139. The number of carbonyl (C=O) groups is 2. The number of nitrogens with one attached hydrogen (secondary N) is 1. The maximum Gasteiger partial charge on any atom is 0.326 e. The molecule has 1 heterocycles. The number of amides is 1. The highest BCUT2D eigenvalue weighted by Crippen LogP contribution is 1.98. The maximum atomic E-state index is 11.7. The first kappa shape index (κ1) is 13.2. The molecule has 0 saturated carbocycles. The summed E-state index contributed by atoms with van der Waals surface area (Å²) in [7, 11) is 0. The highest BCUT2D eigenvalue weighted by atomic mass is 16.4. The van der Waals surface area contributed by atoms with Gasteiger partial charge in [0, 0.05) is 19.3 Å². The van der Waals surface area contributed by atoms with Gasteiger partial charge in [-0.15, -0.1) is 0 Å². The van der Waals surface area contributed by atoms with Crippen LogP contribution in [0, 0.1) is 0 Å². The van der Waals surface area contributed by atoms with Gasteiger partial charge in [-0.2, -0.15) is 0 Å². The second kappa shape index (κ2) is 6.00. The molecule has 0 unspecified atom stereocenters. The summed E-state index contributed by atoms with van der Waals surface area (Å²) in [6.45, 7) is 2.70. The van der Waals surface area contributed by atoms with Gasteiger partial charge in [0.25, 0.3) is 5.91 Å². The van der Waals surface area contributed by atoms with Gasteiger partial charge in [-0.05, 0) is 6.42 Å². The monoisotopic (exact) mass is 240 g/mol. The fraction of sp³-hybridized carbons (Fsp3) is 0.500. The number of hydrogen-bond acceptors (Lipinski definition) is 4. The summed E-state index contributed by atoms with van der Waals surface area (Å²) >= 11 is 0. The molecule has 1 rings (SSSR count). The van der Waals surface area contributed by atoms with E-state index < -0.39 is 17.9 Å². The molecule has 0 aliphatic rings. The van der Waals surface area contributed by atoms with E-state index in [9.17, 15) is 9.59 Å². The molecule has 1 aromatic rings. The van der Waals surface area contributed by atoms with Crippen molar-refractivity contribution >= 4 is 11.9 Å². The number of carbonyl (C=O) groups excluding carboxylic acids is 1. The maximum absolute atomic E-state index is 11.7. The van der Waals surface area contributed by atoms with E-state index >= 15 is 0 Å². The molecule has 1 amide bonds. The van der Waals surface area contributed by atoms with Crippen molar-refractivity contribution in [2.45, 2.75) is 25.9 Å². The van der Waals surface area contributed by atoms with Gasteiger partial charge in [-0.25, -0.2) is 9.78 Å². The van der Waals surface area contributed by atoms with Gasteiger partial charge < -0.3 is 20.7 Å². The SMILES string of the molecule is CC[C@H](NC(=O)c1cn(CCN)cn1)C(=O)O. The fourth-order valence-corrected chi connectivity index (χ4v) is 1.32. The van der Waals surface area contributed by atoms with Crippen molar-refractivity contribution in [3.05, 3.63) is 18.2 Å². The Bertz CT molecular complexity index is 402. The van der Waals surface area contributed by atoms with Crippen LogP contribution < -0.4 is 11.1 Å². The molecule has 4 N–H and O–H groups in total. The molecule has 17 heavy (non-hydrogen) atoms. The molecule has 94 valence electrons. The lowest BCUT2D eigenvalue weighted by atomic mass is 10.2. The smallest absolute Gasteiger partial charge is 0.326 e. The Morgan fingerprint density at radius 2 is 2.35 bits per heavy atom. The van der Waals surface area contributed by atoms with Crippen molar-refractivity contribution in [2.24, 2.45) is 5.73 Å². The molecule has 1 atom stereocenters. The second-order valence-electron chi connectivity index (χ2n) is 3.56. The number of nitrogens with two attached hydrogens (primary N) is 1. The van der Waals surface area contributed by atoms with E-state index in [0.29, 0.717) is 19.5 Å². The molecule has 7 heteroatoms. The van der Waals surface area contributed by atoms with Crippen LogP contribution in [0.15, 0.2) is 12.5 Å². The van der Waals surface area contributed by atoms with Gasteiger partial charge in [0.15, 0.2) is 0 Å². The molecule has 0 aromatic carbocycles. The van der Waals surface area contributed by atoms with Gasteiger partial charge in [0.05, 0.1) is 6.33 Å². The Hall–Kier alpha value is -1.89. The Kier molecular flexibility index (Phi) is 4.65. The third-order valence-corrected chi connectivity index (χ3v) is 2.26. The zero-order valence-electron chi connectivity index (χ0n) is 9.59. The van der Waals surface area contributed by atoms with Crippen molar-refractivity contribution in [3.63, 3.8) is 0 Å². The van der Waals surface area contributed by atoms with Crippen LogP contribution in [0.4, 0.5) is 0 Å². The first-order chi connectivity index (χ1) is 8.08. The van der Waals surface area contributed by atoms with E-state index in [1.807, 2.05) is 0 Å². The van der Waals surface area contributed by atoms with Gasteiger partial charge in [0.1, 0.15) is 11.7 Å². The first-order valence-electron chi connectivity index (χ1n) is 5.34. The van der Waals surface area contributed by atoms with Gasteiger partial charge in [-0.1, -0.05) is 6.92 Å². The molecule has 0 radical (unpaired) electrons. The van der Waals surface area contributed by atoms with Crippen molar-refractivity contribution in [3.8, 4) is 0 Å². The summed E-state index contributed by atoms with van der Waals surface area (Å²) in [6.07, 6.45) is 3.35. The van der Waals surface area contributed by atoms with Gasteiger partial charge in [-0.3, -0.25) is 4.79 Å². The number of aliphatic carboxylic acids is 1. The Balaban J connectivity index is 2.65. The topological polar surface area (TPSA) is 110 Å². The molecule has 0 spiro atoms. The highest BCUT2D eigenvalue weighted by Gasteiger charge is 2.19. The van der Waals surface area contributed by atoms with E-state index in [4.69, 9.17) is 10.8 Å². The zero-order valence-corrected chi connectivity index (χ0v) is 9.59. The van der Waals surface area contributed by atoms with E-state index in [-0.39, 0.29) is 5.69 Å². The lowest BCUT2D eigenvalue weighted by Gasteiger charge is -2.10. The number of rotatable bonds is 6. The Morgan fingerprint density at radius 1 is 1.65 bits per heavy atom. The minimum absolute atomic E-state index is 0.193. The number of hydrogen-bond donors (Lipinski definition) is 3. The predicted octanol–water partition coefficient (Wildman–Crippen LogP) is -0.565. The highest BCUT2D eigenvalue weighted by molar-refractivity contribution is 5.94. The molecule has 0 aliphatic heterocycles. The van der Waals surface area contributed by atoms with E-state index in [0.717, 1.165) is 0 Å². The summed E-state index contributed by atoms with van der Waals surface area (Å²) in [5, 5.41) is 11.2. The first-order valence-corrected chi connectivity index (χ1v) is 5.34. The Labute approximate surface area is 98.6 Å². The third-order valence-electron chi connectivity index (χ3n) is 2.26. The van der Waals surface area contributed by atoms with Crippen LogP contribution in [-0.2, 0) is 11.3 Å². The molecule has 0 saturated heterocycles. The van der Waals surface area contributed by atoms with E-state index in [2.05, 4.69) is 10.3 Å². The molecular formula is C10H16N4O3. The quantitative estimate of drug-likeness (QED) is 0.617. The lowest BCUT2D eigenvalue weighted by Crippen LogP contribution is -2.40. The summed E-state index contributed by atoms with van der Waals surface area (Å²) in [4.78, 5) is 26.3. The normalized spacial score (nSPS) is 12.1.